The highest BCUT2D eigenvalue weighted by Gasteiger charge is 2.31. The molecule has 2 N–H and O–H groups in total. The summed E-state index contributed by atoms with van der Waals surface area (Å²) in [4.78, 5) is 18.5. The first-order valence-electron chi connectivity index (χ1n) is 10.4. The molecule has 1 fully saturated rings. The van der Waals surface area contributed by atoms with Gasteiger partial charge in [-0.15, -0.1) is 0 Å². The van der Waals surface area contributed by atoms with Gasteiger partial charge in [-0.3, -0.25) is 4.79 Å². The van der Waals surface area contributed by atoms with Gasteiger partial charge in [0.25, 0.3) is 0 Å². The van der Waals surface area contributed by atoms with Crippen LogP contribution in [0.5, 0.6) is 0 Å². The van der Waals surface area contributed by atoms with E-state index in [1.165, 1.54) is 24.3 Å². The summed E-state index contributed by atoms with van der Waals surface area (Å²) in [5.41, 5.74) is 1.86. The zero-order valence-electron chi connectivity index (χ0n) is 17.3. The first-order chi connectivity index (χ1) is 14.8. The Morgan fingerprint density at radius 2 is 1.84 bits per heavy atom. The molecular formula is C23H26ClN3O3S. The molecule has 1 aliphatic heterocycles. The van der Waals surface area contributed by atoms with E-state index in [4.69, 9.17) is 11.6 Å². The van der Waals surface area contributed by atoms with Crippen LogP contribution < -0.4 is 4.72 Å². The molecule has 0 bridgehead atoms. The van der Waals surface area contributed by atoms with Gasteiger partial charge in [0.2, 0.25) is 15.9 Å². The molecule has 0 aliphatic carbocycles. The van der Waals surface area contributed by atoms with Crippen LogP contribution in [-0.2, 0) is 21.2 Å². The summed E-state index contributed by atoms with van der Waals surface area (Å²) >= 11 is 5.90. The van der Waals surface area contributed by atoms with Crippen LogP contribution in [0.1, 0.15) is 25.3 Å². The van der Waals surface area contributed by atoms with Crippen LogP contribution in [0.2, 0.25) is 5.02 Å². The number of halogens is 1. The van der Waals surface area contributed by atoms with Gasteiger partial charge in [-0.2, -0.15) is 4.72 Å². The van der Waals surface area contributed by atoms with Crippen molar-refractivity contribution in [3.8, 4) is 0 Å². The molecule has 2 heterocycles. The standard InChI is InChI=1S/C23H26ClN3O3S/c1-16-10-12-27(13-11-16)23(28)22(14-17-15-25-21-5-3-2-4-20(17)21)26-31(29,30)19-8-6-18(24)7-9-19/h2-9,15-16,22,25-26H,10-14H2,1H3/t22-/m1/s1. The maximum atomic E-state index is 13.4. The summed E-state index contributed by atoms with van der Waals surface area (Å²) in [7, 11) is -3.89. The summed E-state index contributed by atoms with van der Waals surface area (Å²) in [5.74, 6) is 0.386. The van der Waals surface area contributed by atoms with Crippen LogP contribution in [0.4, 0.5) is 0 Å². The van der Waals surface area contributed by atoms with Crippen molar-refractivity contribution < 1.29 is 13.2 Å². The SMILES string of the molecule is CC1CCN(C(=O)[C@@H](Cc2c[nH]c3ccccc23)NS(=O)(=O)c2ccc(Cl)cc2)CC1. The molecule has 2 aromatic carbocycles. The average molecular weight is 460 g/mol. The first-order valence-corrected chi connectivity index (χ1v) is 12.3. The lowest BCUT2D eigenvalue weighted by Crippen LogP contribution is -2.51. The van der Waals surface area contributed by atoms with Crippen LogP contribution in [0.25, 0.3) is 10.9 Å². The van der Waals surface area contributed by atoms with Crippen LogP contribution in [0, 0.1) is 5.92 Å². The summed E-state index contributed by atoms with van der Waals surface area (Å²) in [6.07, 6.45) is 3.96. The van der Waals surface area contributed by atoms with Crippen molar-refractivity contribution in [2.24, 2.45) is 5.92 Å². The van der Waals surface area contributed by atoms with Crippen molar-refractivity contribution in [3.05, 3.63) is 65.3 Å². The second-order valence-corrected chi connectivity index (χ2v) is 10.3. The molecule has 164 valence electrons. The van der Waals surface area contributed by atoms with Gasteiger partial charge in [-0.25, -0.2) is 8.42 Å². The Labute approximate surface area is 187 Å². The maximum absolute atomic E-state index is 13.4. The maximum Gasteiger partial charge on any atom is 0.241 e. The number of amides is 1. The van der Waals surface area contributed by atoms with Gasteiger partial charge in [0, 0.05) is 35.2 Å². The molecular weight excluding hydrogens is 434 g/mol. The molecule has 3 aromatic rings. The number of aromatic nitrogens is 1. The zero-order valence-corrected chi connectivity index (χ0v) is 18.9. The number of para-hydroxylation sites is 1. The highest BCUT2D eigenvalue weighted by atomic mass is 35.5. The van der Waals surface area contributed by atoms with Crippen molar-refractivity contribution in [3.63, 3.8) is 0 Å². The fourth-order valence-corrected chi connectivity index (χ4v) is 5.33. The van der Waals surface area contributed by atoms with E-state index in [-0.39, 0.29) is 17.2 Å². The molecule has 0 unspecified atom stereocenters. The van der Waals surface area contributed by atoms with Gasteiger partial charge in [0.15, 0.2) is 0 Å². The second kappa shape index (κ2) is 9.02. The van der Waals surface area contributed by atoms with Gasteiger partial charge in [-0.1, -0.05) is 36.7 Å². The smallest absolute Gasteiger partial charge is 0.241 e. The number of likely N-dealkylation sites (tertiary alicyclic amines) is 1. The number of aromatic amines is 1. The summed E-state index contributed by atoms with van der Waals surface area (Å²) in [6, 6.07) is 12.8. The molecule has 4 rings (SSSR count). The minimum Gasteiger partial charge on any atom is -0.361 e. The van der Waals surface area contributed by atoms with Crippen molar-refractivity contribution in [2.45, 2.75) is 37.1 Å². The van der Waals surface area contributed by atoms with Crippen molar-refractivity contribution in [1.82, 2.24) is 14.6 Å². The molecule has 8 heteroatoms. The largest absolute Gasteiger partial charge is 0.361 e. The van der Waals surface area contributed by atoms with Crippen LogP contribution >= 0.6 is 11.6 Å². The number of hydrogen-bond donors (Lipinski definition) is 2. The number of nitrogens with one attached hydrogen (secondary N) is 2. The third kappa shape index (κ3) is 4.95. The summed E-state index contributed by atoms with van der Waals surface area (Å²) in [6.45, 7) is 3.47. The number of nitrogens with zero attached hydrogens (tertiary/aromatic N) is 1. The minimum absolute atomic E-state index is 0.0842. The molecule has 1 saturated heterocycles. The van der Waals surface area contributed by atoms with E-state index in [2.05, 4.69) is 16.6 Å². The van der Waals surface area contributed by atoms with E-state index in [0.29, 0.717) is 24.0 Å². The van der Waals surface area contributed by atoms with E-state index >= 15 is 0 Å². The van der Waals surface area contributed by atoms with Crippen molar-refractivity contribution >= 4 is 38.4 Å². The Kier molecular flexibility index (Phi) is 6.36. The molecule has 0 radical (unpaired) electrons. The van der Waals surface area contributed by atoms with Gasteiger partial charge in [-0.05, 0) is 61.1 Å². The fourth-order valence-electron chi connectivity index (χ4n) is 4.02. The lowest BCUT2D eigenvalue weighted by molar-refractivity contribution is -0.134. The lowest BCUT2D eigenvalue weighted by atomic mass is 9.98. The third-order valence-corrected chi connectivity index (χ3v) is 7.65. The second-order valence-electron chi connectivity index (χ2n) is 8.20. The van der Waals surface area contributed by atoms with E-state index in [1.807, 2.05) is 30.5 Å². The first kappa shape index (κ1) is 21.9. The number of rotatable bonds is 6. The van der Waals surface area contributed by atoms with Crippen molar-refractivity contribution in [1.29, 1.82) is 0 Å². The van der Waals surface area contributed by atoms with Crippen LogP contribution in [0.3, 0.4) is 0 Å². The van der Waals surface area contributed by atoms with Gasteiger partial charge < -0.3 is 9.88 Å². The molecule has 1 atom stereocenters. The van der Waals surface area contributed by atoms with Gasteiger partial charge >= 0.3 is 0 Å². The molecule has 0 saturated carbocycles. The summed E-state index contributed by atoms with van der Waals surface area (Å²) < 4.78 is 28.8. The molecule has 0 spiro atoms. The number of H-pyrrole nitrogens is 1. The van der Waals surface area contributed by atoms with Crippen LogP contribution in [0.15, 0.2) is 59.6 Å². The molecule has 1 aliphatic rings. The Morgan fingerprint density at radius 3 is 2.55 bits per heavy atom. The quantitative estimate of drug-likeness (QED) is 0.585. The topological polar surface area (TPSA) is 82.3 Å². The Morgan fingerprint density at radius 1 is 1.16 bits per heavy atom. The fraction of sp³-hybridized carbons (Fsp3) is 0.348. The minimum atomic E-state index is -3.89. The van der Waals surface area contributed by atoms with Gasteiger partial charge in [0.1, 0.15) is 6.04 Å². The number of piperidine rings is 1. The van der Waals surface area contributed by atoms with E-state index in [0.717, 1.165) is 29.3 Å². The normalized spacial score (nSPS) is 16.5. The lowest BCUT2D eigenvalue weighted by Gasteiger charge is -2.33. The summed E-state index contributed by atoms with van der Waals surface area (Å²) in [5, 5.41) is 1.44. The number of carbonyl (C=O) groups excluding carboxylic acids is 1. The Bertz CT molecular complexity index is 1170. The van der Waals surface area contributed by atoms with E-state index < -0.39 is 16.1 Å². The van der Waals surface area contributed by atoms with Crippen molar-refractivity contribution in [2.75, 3.05) is 13.1 Å². The number of fused-ring (bicyclic) bond motifs is 1. The number of sulfonamides is 1. The van der Waals surface area contributed by atoms with E-state index in [9.17, 15) is 13.2 Å². The zero-order chi connectivity index (χ0) is 22.0. The predicted octanol–water partition coefficient (Wildman–Crippen LogP) is 3.97. The number of hydrogen-bond acceptors (Lipinski definition) is 3. The Hall–Kier alpha value is -2.35. The Balaban J connectivity index is 1.63. The molecule has 31 heavy (non-hydrogen) atoms. The van der Waals surface area contributed by atoms with Gasteiger partial charge in [0.05, 0.1) is 4.90 Å². The predicted molar refractivity (Wildman–Crippen MR) is 123 cm³/mol. The molecule has 6 nitrogen and oxygen atoms in total. The molecule has 1 amide bonds. The third-order valence-electron chi connectivity index (χ3n) is 5.91. The molecule has 1 aromatic heterocycles. The highest BCUT2D eigenvalue weighted by Crippen LogP contribution is 2.23. The van der Waals surface area contributed by atoms with E-state index in [1.54, 1.807) is 4.90 Å². The monoisotopic (exact) mass is 459 g/mol. The average Bonchev–Trinajstić information content (AvgIpc) is 3.16. The van der Waals surface area contributed by atoms with Crippen LogP contribution in [-0.4, -0.2) is 43.3 Å². The number of carbonyl (C=O) groups is 1. The highest BCUT2D eigenvalue weighted by molar-refractivity contribution is 7.89. The number of benzene rings is 2.